The van der Waals surface area contributed by atoms with Crippen LogP contribution >= 0.6 is 0 Å². The highest BCUT2D eigenvalue weighted by atomic mass is 32.2. The maximum Gasteiger partial charge on any atom is 0.267 e. The van der Waals surface area contributed by atoms with Crippen LogP contribution in [0.25, 0.3) is 0 Å². The van der Waals surface area contributed by atoms with Crippen molar-refractivity contribution < 1.29 is 27.5 Å². The second kappa shape index (κ2) is 13.9. The lowest BCUT2D eigenvalue weighted by molar-refractivity contribution is -0.135. The number of amides is 2. The number of hydrogen-bond acceptors (Lipinski definition) is 10. The van der Waals surface area contributed by atoms with Crippen molar-refractivity contribution in [2.24, 2.45) is 5.73 Å². The molecule has 2 aromatic heterocycles. The minimum absolute atomic E-state index is 0.0217. The molecule has 0 saturated carbocycles. The van der Waals surface area contributed by atoms with Gasteiger partial charge in [0.1, 0.15) is 28.5 Å². The smallest absolute Gasteiger partial charge is 0.267 e. The standard InChI is InChI=1S/C27H42N8O6S/c1-5-8-20-15-23(25(28)36)35(31-20)19(4)33-13-14-41-24(18-33)26(37)30-22-16-21(17-29-27(22)40-7-3)42(38,39)34-11-9-32(6-2)10-12-34/h15-17,19,24H,5-14,18H2,1-4H3,(H2,28,36)(H,30,37). The van der Waals surface area contributed by atoms with Crippen molar-refractivity contribution in [2.45, 2.75) is 57.7 Å². The van der Waals surface area contributed by atoms with Crippen LogP contribution < -0.4 is 15.8 Å². The number of hydrogen-bond donors (Lipinski definition) is 2. The van der Waals surface area contributed by atoms with Gasteiger partial charge in [0.25, 0.3) is 11.8 Å². The number of likely N-dealkylation sites (N-methyl/N-ethyl adjacent to an activating group) is 1. The minimum Gasteiger partial charge on any atom is -0.476 e. The minimum atomic E-state index is -3.82. The molecule has 0 aliphatic carbocycles. The van der Waals surface area contributed by atoms with Crippen molar-refractivity contribution in [3.8, 4) is 5.88 Å². The van der Waals surface area contributed by atoms with Crippen molar-refractivity contribution in [1.29, 1.82) is 0 Å². The third-order valence-electron chi connectivity index (χ3n) is 7.60. The molecule has 2 aliphatic heterocycles. The first kappa shape index (κ1) is 31.8. The van der Waals surface area contributed by atoms with Gasteiger partial charge in [0.05, 0.1) is 25.1 Å². The summed E-state index contributed by atoms with van der Waals surface area (Å²) in [6, 6.07) is 3.10. The van der Waals surface area contributed by atoms with Gasteiger partial charge in [0.2, 0.25) is 15.9 Å². The van der Waals surface area contributed by atoms with Crippen LogP contribution in [0.15, 0.2) is 23.2 Å². The molecule has 2 aliphatic rings. The number of carbonyl (C=O) groups excluding carboxylic acids is 2. The van der Waals surface area contributed by atoms with Crippen molar-refractivity contribution >= 4 is 27.5 Å². The summed E-state index contributed by atoms with van der Waals surface area (Å²) < 4.78 is 41.2. The fourth-order valence-electron chi connectivity index (χ4n) is 5.18. The molecule has 0 radical (unpaired) electrons. The lowest BCUT2D eigenvalue weighted by Gasteiger charge is -2.36. The number of nitrogens with two attached hydrogens (primary N) is 1. The van der Waals surface area contributed by atoms with E-state index in [4.69, 9.17) is 15.2 Å². The molecule has 2 aromatic rings. The molecule has 2 amide bonds. The summed E-state index contributed by atoms with van der Waals surface area (Å²) >= 11 is 0. The van der Waals surface area contributed by atoms with E-state index in [0.717, 1.165) is 18.7 Å². The van der Waals surface area contributed by atoms with Gasteiger partial charge in [-0.15, -0.1) is 0 Å². The number of pyridine rings is 1. The van der Waals surface area contributed by atoms with Gasteiger partial charge in [0.15, 0.2) is 0 Å². The van der Waals surface area contributed by atoms with E-state index < -0.39 is 27.9 Å². The fourth-order valence-corrected chi connectivity index (χ4v) is 6.57. The number of ether oxygens (including phenoxy) is 2. The van der Waals surface area contributed by atoms with Crippen LogP contribution in [-0.4, -0.2) is 114 Å². The Morgan fingerprint density at radius 2 is 1.90 bits per heavy atom. The molecule has 14 nitrogen and oxygen atoms in total. The van der Waals surface area contributed by atoms with Crippen molar-refractivity contribution in [3.63, 3.8) is 0 Å². The monoisotopic (exact) mass is 606 g/mol. The van der Waals surface area contributed by atoms with Crippen LogP contribution in [0.4, 0.5) is 5.69 Å². The zero-order chi connectivity index (χ0) is 30.4. The number of carbonyl (C=O) groups is 2. The molecular formula is C27H42N8O6S. The van der Waals surface area contributed by atoms with Crippen LogP contribution in [-0.2, 0) is 26.0 Å². The molecule has 0 bridgehead atoms. The number of sulfonamides is 1. The first-order valence-corrected chi connectivity index (χ1v) is 15.9. The second-order valence-corrected chi connectivity index (χ2v) is 12.3. The van der Waals surface area contributed by atoms with E-state index >= 15 is 0 Å². The maximum absolute atomic E-state index is 13.4. The van der Waals surface area contributed by atoms with Crippen molar-refractivity contribution in [1.82, 2.24) is 28.9 Å². The van der Waals surface area contributed by atoms with E-state index in [2.05, 4.69) is 20.3 Å². The van der Waals surface area contributed by atoms with E-state index in [9.17, 15) is 18.0 Å². The molecule has 42 heavy (non-hydrogen) atoms. The van der Waals surface area contributed by atoms with E-state index in [1.165, 1.54) is 16.6 Å². The first-order valence-electron chi connectivity index (χ1n) is 14.5. The number of morpholine rings is 1. The van der Waals surface area contributed by atoms with Crippen LogP contribution in [0.5, 0.6) is 5.88 Å². The molecule has 0 spiro atoms. The van der Waals surface area contributed by atoms with Crippen LogP contribution in [0, 0.1) is 0 Å². The zero-order valence-electron chi connectivity index (χ0n) is 24.8. The molecular weight excluding hydrogens is 564 g/mol. The summed E-state index contributed by atoms with van der Waals surface area (Å²) in [7, 11) is -3.82. The molecule has 4 rings (SSSR count). The highest BCUT2D eigenvalue weighted by molar-refractivity contribution is 7.89. The Balaban J connectivity index is 1.50. The Morgan fingerprint density at radius 3 is 2.55 bits per heavy atom. The van der Waals surface area contributed by atoms with Crippen molar-refractivity contribution in [3.05, 3.63) is 29.7 Å². The topological polar surface area (TPSA) is 165 Å². The third-order valence-corrected chi connectivity index (χ3v) is 9.46. The average molecular weight is 607 g/mol. The number of piperazine rings is 1. The number of anilines is 1. The number of rotatable bonds is 12. The largest absolute Gasteiger partial charge is 0.476 e. The molecule has 4 heterocycles. The molecule has 232 valence electrons. The van der Waals surface area contributed by atoms with Gasteiger partial charge in [-0.1, -0.05) is 20.3 Å². The zero-order valence-corrected chi connectivity index (χ0v) is 25.6. The maximum atomic E-state index is 13.4. The van der Waals surface area contributed by atoms with E-state index in [0.29, 0.717) is 44.8 Å². The summed E-state index contributed by atoms with van der Waals surface area (Å²) in [5.41, 5.74) is 6.85. The molecule has 2 saturated heterocycles. The van der Waals surface area contributed by atoms with Gasteiger partial charge in [-0.3, -0.25) is 14.5 Å². The highest BCUT2D eigenvalue weighted by Crippen LogP contribution is 2.28. The Labute approximate surface area is 247 Å². The fraction of sp³-hybridized carbons (Fsp3) is 0.630. The SMILES string of the molecule is CCCc1cc(C(N)=O)n(C(C)N2CCOC(C(=O)Nc3cc(S(=O)(=O)N4CCN(CC)CC4)cnc3OCC)C2)n1. The van der Waals surface area contributed by atoms with Crippen LogP contribution in [0.1, 0.15) is 56.5 Å². The predicted octanol–water partition coefficient (Wildman–Crippen LogP) is 0.912. The summed E-state index contributed by atoms with van der Waals surface area (Å²) in [5.74, 6) is -0.923. The quantitative estimate of drug-likeness (QED) is 0.355. The number of aryl methyl sites for hydroxylation is 1. The van der Waals surface area contributed by atoms with E-state index in [1.807, 2.05) is 25.7 Å². The first-order chi connectivity index (χ1) is 20.1. The van der Waals surface area contributed by atoms with Gasteiger partial charge in [0, 0.05) is 39.3 Å². The van der Waals surface area contributed by atoms with Gasteiger partial charge >= 0.3 is 0 Å². The summed E-state index contributed by atoms with van der Waals surface area (Å²) in [4.78, 5) is 33.9. The molecule has 2 unspecified atom stereocenters. The molecule has 2 atom stereocenters. The molecule has 15 heteroatoms. The van der Waals surface area contributed by atoms with Gasteiger partial charge in [-0.25, -0.2) is 18.1 Å². The lowest BCUT2D eigenvalue weighted by Crippen LogP contribution is -2.50. The third kappa shape index (κ3) is 7.09. The summed E-state index contributed by atoms with van der Waals surface area (Å²) in [6.45, 7) is 11.9. The Hall–Kier alpha value is -3.11. The van der Waals surface area contributed by atoms with Gasteiger partial charge < -0.3 is 25.4 Å². The molecule has 3 N–H and O–H groups in total. The van der Waals surface area contributed by atoms with Crippen LogP contribution in [0.2, 0.25) is 0 Å². The molecule has 2 fully saturated rings. The average Bonchev–Trinajstić information content (AvgIpc) is 3.42. The Kier molecular flexibility index (Phi) is 10.5. The second-order valence-electron chi connectivity index (χ2n) is 10.4. The predicted molar refractivity (Wildman–Crippen MR) is 156 cm³/mol. The summed E-state index contributed by atoms with van der Waals surface area (Å²) in [5, 5.41) is 7.37. The van der Waals surface area contributed by atoms with E-state index in [1.54, 1.807) is 17.7 Å². The number of nitrogens with zero attached hydrogens (tertiary/aromatic N) is 6. The number of nitrogens with one attached hydrogen (secondary N) is 1. The Bertz CT molecular complexity index is 1360. The summed E-state index contributed by atoms with van der Waals surface area (Å²) in [6.07, 6.45) is 1.62. The lowest BCUT2D eigenvalue weighted by atomic mass is 10.2. The normalized spacial score (nSPS) is 19.9. The van der Waals surface area contributed by atoms with Crippen molar-refractivity contribution in [2.75, 3.05) is 64.3 Å². The van der Waals surface area contributed by atoms with E-state index in [-0.39, 0.29) is 42.4 Å². The Morgan fingerprint density at radius 1 is 1.17 bits per heavy atom. The highest BCUT2D eigenvalue weighted by Gasteiger charge is 2.33. The number of primary amides is 1. The van der Waals surface area contributed by atoms with Gasteiger partial charge in [-0.05, 0) is 38.9 Å². The molecule has 0 aromatic carbocycles. The number of aromatic nitrogens is 3. The van der Waals surface area contributed by atoms with Gasteiger partial charge in [-0.2, -0.15) is 9.40 Å². The van der Waals surface area contributed by atoms with Crippen LogP contribution in [0.3, 0.4) is 0 Å².